The van der Waals surface area contributed by atoms with Crippen LogP contribution in [0, 0.1) is 3.57 Å². The van der Waals surface area contributed by atoms with Crippen LogP contribution in [0.25, 0.3) is 0 Å². The Morgan fingerprint density at radius 1 is 1.44 bits per heavy atom. The molecule has 16 heavy (non-hydrogen) atoms. The van der Waals surface area contributed by atoms with Crippen LogP contribution < -0.4 is 5.32 Å². The van der Waals surface area contributed by atoms with Gasteiger partial charge < -0.3 is 10.2 Å². The summed E-state index contributed by atoms with van der Waals surface area (Å²) >= 11 is 2.16. The minimum atomic E-state index is -0.0924. The Hall–Kier alpha value is -1.11. The van der Waals surface area contributed by atoms with E-state index in [1.54, 1.807) is 11.0 Å². The fraction of sp³-hybridized carbons (Fsp3) is 0.273. The van der Waals surface area contributed by atoms with Gasteiger partial charge in [0.25, 0.3) is 5.91 Å². The van der Waals surface area contributed by atoms with Crippen molar-refractivity contribution < 1.29 is 9.59 Å². The van der Waals surface area contributed by atoms with Crippen molar-refractivity contribution in [2.24, 2.45) is 0 Å². The fourth-order valence-electron chi connectivity index (χ4n) is 1.62. The fourth-order valence-corrected chi connectivity index (χ4v) is 2.16. The van der Waals surface area contributed by atoms with Gasteiger partial charge in [-0.05, 0) is 40.8 Å². The average molecular weight is 330 g/mol. The molecule has 1 N–H and O–H groups in total. The van der Waals surface area contributed by atoms with E-state index in [-0.39, 0.29) is 18.4 Å². The first-order chi connectivity index (χ1) is 7.66. The summed E-state index contributed by atoms with van der Waals surface area (Å²) in [5.41, 5.74) is 0.640. The molecule has 2 amide bonds. The number of amides is 2. The second-order valence-corrected chi connectivity index (χ2v) is 4.83. The van der Waals surface area contributed by atoms with Gasteiger partial charge in [-0.15, -0.1) is 0 Å². The van der Waals surface area contributed by atoms with Crippen molar-refractivity contribution in [3.63, 3.8) is 0 Å². The van der Waals surface area contributed by atoms with E-state index in [0.29, 0.717) is 18.7 Å². The van der Waals surface area contributed by atoms with Gasteiger partial charge in [-0.1, -0.05) is 6.07 Å². The first-order valence-corrected chi connectivity index (χ1v) is 6.06. The number of carbonyl (C=O) groups excluding carboxylic acids is 2. The highest BCUT2D eigenvalue weighted by Crippen LogP contribution is 2.11. The first kappa shape index (κ1) is 11.4. The van der Waals surface area contributed by atoms with Gasteiger partial charge in [0.05, 0.1) is 6.54 Å². The van der Waals surface area contributed by atoms with Crippen molar-refractivity contribution in [3.8, 4) is 0 Å². The van der Waals surface area contributed by atoms with E-state index in [1.807, 2.05) is 18.2 Å². The molecular weight excluding hydrogens is 319 g/mol. The largest absolute Gasteiger partial charge is 0.353 e. The summed E-state index contributed by atoms with van der Waals surface area (Å²) in [5, 5.41) is 2.70. The molecule has 5 heteroatoms. The lowest BCUT2D eigenvalue weighted by Crippen LogP contribution is -2.49. The molecule has 1 fully saturated rings. The molecule has 0 bridgehead atoms. The van der Waals surface area contributed by atoms with Crippen molar-refractivity contribution in [2.75, 3.05) is 19.6 Å². The van der Waals surface area contributed by atoms with Crippen LogP contribution >= 0.6 is 22.6 Å². The molecule has 1 saturated heterocycles. The van der Waals surface area contributed by atoms with Crippen LogP contribution in [0.4, 0.5) is 0 Å². The highest BCUT2D eigenvalue weighted by atomic mass is 127. The third kappa shape index (κ3) is 2.52. The van der Waals surface area contributed by atoms with Gasteiger partial charge in [0.15, 0.2) is 0 Å². The van der Waals surface area contributed by atoms with Crippen LogP contribution in [0.3, 0.4) is 0 Å². The number of hydrogen-bond acceptors (Lipinski definition) is 2. The molecule has 1 aliphatic rings. The zero-order chi connectivity index (χ0) is 11.5. The monoisotopic (exact) mass is 330 g/mol. The van der Waals surface area contributed by atoms with E-state index in [9.17, 15) is 9.59 Å². The van der Waals surface area contributed by atoms with Gasteiger partial charge in [0.1, 0.15) is 0 Å². The van der Waals surface area contributed by atoms with Crippen LogP contribution in [-0.4, -0.2) is 36.3 Å². The smallest absolute Gasteiger partial charge is 0.254 e. The van der Waals surface area contributed by atoms with Crippen molar-refractivity contribution in [1.82, 2.24) is 10.2 Å². The molecule has 1 aromatic carbocycles. The SMILES string of the molecule is O=C1CN(C(=O)c2cccc(I)c2)CCN1. The van der Waals surface area contributed by atoms with E-state index in [4.69, 9.17) is 0 Å². The zero-order valence-electron chi connectivity index (χ0n) is 8.57. The highest BCUT2D eigenvalue weighted by molar-refractivity contribution is 14.1. The Balaban J connectivity index is 2.15. The van der Waals surface area contributed by atoms with E-state index in [0.717, 1.165) is 3.57 Å². The highest BCUT2D eigenvalue weighted by Gasteiger charge is 2.21. The van der Waals surface area contributed by atoms with Crippen LogP contribution in [0.2, 0.25) is 0 Å². The molecule has 0 spiro atoms. The molecule has 0 aromatic heterocycles. The number of hydrogen-bond donors (Lipinski definition) is 1. The number of carbonyl (C=O) groups is 2. The van der Waals surface area contributed by atoms with Gasteiger partial charge in [-0.25, -0.2) is 0 Å². The maximum atomic E-state index is 12.0. The lowest BCUT2D eigenvalue weighted by atomic mass is 10.2. The van der Waals surface area contributed by atoms with Crippen LogP contribution in [-0.2, 0) is 4.79 Å². The molecule has 0 radical (unpaired) electrons. The molecular formula is C11H11IN2O2. The molecule has 0 saturated carbocycles. The van der Waals surface area contributed by atoms with Gasteiger partial charge in [0, 0.05) is 22.2 Å². The van der Waals surface area contributed by atoms with E-state index >= 15 is 0 Å². The molecule has 0 aliphatic carbocycles. The second kappa shape index (κ2) is 4.82. The number of nitrogens with zero attached hydrogens (tertiary/aromatic N) is 1. The third-order valence-corrected chi connectivity index (χ3v) is 3.07. The first-order valence-electron chi connectivity index (χ1n) is 4.98. The normalized spacial score (nSPS) is 15.8. The Labute approximate surface area is 107 Å². The second-order valence-electron chi connectivity index (χ2n) is 3.59. The molecule has 84 valence electrons. The van der Waals surface area contributed by atoms with Crippen LogP contribution in [0.5, 0.6) is 0 Å². The maximum Gasteiger partial charge on any atom is 0.254 e. The number of piperazine rings is 1. The lowest BCUT2D eigenvalue weighted by Gasteiger charge is -2.26. The number of nitrogens with one attached hydrogen (secondary N) is 1. The zero-order valence-corrected chi connectivity index (χ0v) is 10.7. The molecule has 1 heterocycles. The van der Waals surface area contributed by atoms with Crippen molar-refractivity contribution in [2.45, 2.75) is 0 Å². The Morgan fingerprint density at radius 2 is 2.25 bits per heavy atom. The summed E-state index contributed by atoms with van der Waals surface area (Å²) in [6.45, 7) is 1.27. The van der Waals surface area contributed by atoms with Gasteiger partial charge >= 0.3 is 0 Å². The predicted octanol–water partition coefficient (Wildman–Crippen LogP) is 0.863. The molecule has 0 atom stereocenters. The Morgan fingerprint density at radius 3 is 2.94 bits per heavy atom. The Bertz CT molecular complexity index is 434. The van der Waals surface area contributed by atoms with E-state index < -0.39 is 0 Å². The standard InChI is InChI=1S/C11H11IN2O2/c12-9-3-1-2-8(6-9)11(16)14-5-4-13-10(15)7-14/h1-3,6H,4-5,7H2,(H,13,15). The minimum absolute atomic E-state index is 0.0756. The van der Waals surface area contributed by atoms with Gasteiger partial charge in [-0.3, -0.25) is 9.59 Å². The number of benzene rings is 1. The third-order valence-electron chi connectivity index (χ3n) is 2.40. The van der Waals surface area contributed by atoms with Gasteiger partial charge in [0.2, 0.25) is 5.91 Å². The molecule has 4 nitrogen and oxygen atoms in total. The summed E-state index contributed by atoms with van der Waals surface area (Å²) < 4.78 is 1.02. The summed E-state index contributed by atoms with van der Waals surface area (Å²) in [6.07, 6.45) is 0. The molecule has 1 aliphatic heterocycles. The molecule has 1 aromatic rings. The molecule has 0 unspecified atom stereocenters. The summed E-state index contributed by atoms with van der Waals surface area (Å²) in [4.78, 5) is 24.8. The maximum absolute atomic E-state index is 12.0. The van der Waals surface area contributed by atoms with E-state index in [1.165, 1.54) is 0 Å². The van der Waals surface area contributed by atoms with E-state index in [2.05, 4.69) is 27.9 Å². The quantitative estimate of drug-likeness (QED) is 0.777. The van der Waals surface area contributed by atoms with Crippen molar-refractivity contribution in [3.05, 3.63) is 33.4 Å². The summed E-state index contributed by atoms with van der Waals surface area (Å²) in [6, 6.07) is 7.38. The number of rotatable bonds is 1. The number of halogens is 1. The van der Waals surface area contributed by atoms with Crippen LogP contribution in [0.15, 0.2) is 24.3 Å². The molecule has 2 rings (SSSR count). The van der Waals surface area contributed by atoms with Crippen LogP contribution in [0.1, 0.15) is 10.4 Å². The average Bonchev–Trinajstić information content (AvgIpc) is 2.28. The predicted molar refractivity (Wildman–Crippen MR) is 68.1 cm³/mol. The lowest BCUT2D eigenvalue weighted by molar-refractivity contribution is -0.123. The topological polar surface area (TPSA) is 49.4 Å². The van der Waals surface area contributed by atoms with Gasteiger partial charge in [-0.2, -0.15) is 0 Å². The minimum Gasteiger partial charge on any atom is -0.353 e. The summed E-state index contributed by atoms with van der Waals surface area (Å²) in [7, 11) is 0. The Kier molecular flexibility index (Phi) is 3.42. The van der Waals surface area contributed by atoms with Crippen molar-refractivity contribution >= 4 is 34.4 Å². The summed E-state index contributed by atoms with van der Waals surface area (Å²) in [5.74, 6) is -0.168. The van der Waals surface area contributed by atoms with Crippen molar-refractivity contribution in [1.29, 1.82) is 0 Å².